The molecule has 0 aromatic heterocycles. The number of amides is 1. The minimum absolute atomic E-state index is 0.318. The molecule has 0 spiro atoms. The Morgan fingerprint density at radius 2 is 1.89 bits per heavy atom. The first-order valence-electron chi connectivity index (χ1n) is 7.48. The van der Waals surface area contributed by atoms with Gasteiger partial charge in [0.2, 0.25) is 0 Å². The lowest BCUT2D eigenvalue weighted by Crippen LogP contribution is -2.43. The molecule has 0 aromatic rings. The lowest BCUT2D eigenvalue weighted by molar-refractivity contribution is 0.0514. The zero-order valence-electron chi connectivity index (χ0n) is 13.1. The number of rotatable bonds is 6. The van der Waals surface area contributed by atoms with Gasteiger partial charge in [-0.1, -0.05) is 20.3 Å². The molecule has 0 radical (unpaired) electrons. The molecule has 0 saturated heterocycles. The first-order chi connectivity index (χ1) is 8.78. The molecule has 0 aliphatic heterocycles. The Labute approximate surface area is 117 Å². The summed E-state index contributed by atoms with van der Waals surface area (Å²) in [5.74, 6) is 0.996. The van der Waals surface area contributed by atoms with Crippen molar-refractivity contribution in [3.8, 4) is 0 Å². The molecule has 1 aliphatic rings. The largest absolute Gasteiger partial charge is 0.444 e. The van der Waals surface area contributed by atoms with Crippen molar-refractivity contribution in [1.29, 1.82) is 0 Å². The van der Waals surface area contributed by atoms with Gasteiger partial charge in [-0.15, -0.1) is 0 Å². The summed E-state index contributed by atoms with van der Waals surface area (Å²) in [5.41, 5.74) is -0.429. The molecule has 1 fully saturated rings. The zero-order valence-corrected chi connectivity index (χ0v) is 13.1. The Kier molecular flexibility index (Phi) is 6.11. The van der Waals surface area contributed by atoms with Crippen molar-refractivity contribution < 1.29 is 9.53 Å². The van der Waals surface area contributed by atoms with E-state index in [0.717, 1.165) is 6.54 Å². The third kappa shape index (κ3) is 6.81. The minimum atomic E-state index is -0.429. The van der Waals surface area contributed by atoms with Gasteiger partial charge in [-0.05, 0) is 45.4 Å². The Morgan fingerprint density at radius 3 is 2.32 bits per heavy atom. The number of nitrogens with one attached hydrogen (secondary N) is 2. The fourth-order valence-corrected chi connectivity index (χ4v) is 2.00. The van der Waals surface area contributed by atoms with E-state index in [1.54, 1.807) is 0 Å². The van der Waals surface area contributed by atoms with E-state index < -0.39 is 5.60 Å². The van der Waals surface area contributed by atoms with Gasteiger partial charge < -0.3 is 15.4 Å². The van der Waals surface area contributed by atoms with Crippen LogP contribution >= 0.6 is 0 Å². The molecular formula is C15H30N2O2. The number of carbonyl (C=O) groups excluding carboxylic acids is 1. The smallest absolute Gasteiger partial charge is 0.407 e. The molecule has 0 aromatic carbocycles. The quantitative estimate of drug-likeness (QED) is 0.780. The fraction of sp³-hybridized carbons (Fsp3) is 0.933. The van der Waals surface area contributed by atoms with Gasteiger partial charge >= 0.3 is 6.09 Å². The molecule has 0 heterocycles. The highest BCUT2D eigenvalue weighted by molar-refractivity contribution is 5.67. The molecule has 112 valence electrons. The summed E-state index contributed by atoms with van der Waals surface area (Å²) in [6.07, 6.45) is 3.62. The van der Waals surface area contributed by atoms with E-state index in [1.165, 1.54) is 19.3 Å². The van der Waals surface area contributed by atoms with Crippen LogP contribution in [0.2, 0.25) is 0 Å². The SMILES string of the molecule is CC(C)C(CNC(=O)OC(C)(C)C)CNC1CCC1. The van der Waals surface area contributed by atoms with E-state index in [0.29, 0.717) is 24.4 Å². The van der Waals surface area contributed by atoms with E-state index in [4.69, 9.17) is 4.74 Å². The van der Waals surface area contributed by atoms with Crippen LogP contribution in [0.1, 0.15) is 53.9 Å². The van der Waals surface area contributed by atoms with Gasteiger partial charge in [-0.25, -0.2) is 4.79 Å². The molecule has 4 nitrogen and oxygen atoms in total. The molecule has 1 amide bonds. The lowest BCUT2D eigenvalue weighted by Gasteiger charge is -2.30. The van der Waals surface area contributed by atoms with Crippen LogP contribution in [0.4, 0.5) is 4.79 Å². The van der Waals surface area contributed by atoms with E-state index >= 15 is 0 Å². The molecule has 1 atom stereocenters. The van der Waals surface area contributed by atoms with E-state index in [2.05, 4.69) is 24.5 Å². The molecule has 19 heavy (non-hydrogen) atoms. The van der Waals surface area contributed by atoms with Gasteiger partial charge in [-0.2, -0.15) is 0 Å². The van der Waals surface area contributed by atoms with Gasteiger partial charge in [0.15, 0.2) is 0 Å². The predicted molar refractivity (Wildman–Crippen MR) is 78.2 cm³/mol. The first-order valence-corrected chi connectivity index (χ1v) is 7.48. The van der Waals surface area contributed by atoms with Crippen LogP contribution in [-0.4, -0.2) is 30.8 Å². The Morgan fingerprint density at radius 1 is 1.26 bits per heavy atom. The zero-order chi connectivity index (χ0) is 14.5. The van der Waals surface area contributed by atoms with Crippen molar-refractivity contribution in [1.82, 2.24) is 10.6 Å². The predicted octanol–water partition coefficient (Wildman–Crippen LogP) is 2.93. The van der Waals surface area contributed by atoms with Crippen molar-refractivity contribution in [2.45, 2.75) is 65.5 Å². The normalized spacial score (nSPS) is 18.0. The van der Waals surface area contributed by atoms with Crippen LogP contribution < -0.4 is 10.6 Å². The minimum Gasteiger partial charge on any atom is -0.444 e. The number of carbonyl (C=O) groups is 1. The molecule has 1 saturated carbocycles. The maximum absolute atomic E-state index is 11.6. The van der Waals surface area contributed by atoms with Crippen LogP contribution in [0.3, 0.4) is 0 Å². The second kappa shape index (κ2) is 7.13. The highest BCUT2D eigenvalue weighted by Gasteiger charge is 2.21. The Balaban J connectivity index is 2.26. The molecule has 1 rings (SSSR count). The first kappa shape index (κ1) is 16.3. The van der Waals surface area contributed by atoms with Crippen LogP contribution in [0.25, 0.3) is 0 Å². The molecule has 1 aliphatic carbocycles. The van der Waals surface area contributed by atoms with Gasteiger partial charge in [-0.3, -0.25) is 0 Å². The fourth-order valence-electron chi connectivity index (χ4n) is 2.00. The van der Waals surface area contributed by atoms with E-state index in [-0.39, 0.29) is 6.09 Å². The van der Waals surface area contributed by atoms with Gasteiger partial charge in [0.25, 0.3) is 0 Å². The number of hydrogen-bond acceptors (Lipinski definition) is 3. The third-order valence-corrected chi connectivity index (χ3v) is 3.62. The van der Waals surface area contributed by atoms with E-state index in [1.807, 2.05) is 20.8 Å². The monoisotopic (exact) mass is 270 g/mol. The molecule has 1 unspecified atom stereocenters. The Hall–Kier alpha value is -0.770. The molecule has 2 N–H and O–H groups in total. The van der Waals surface area contributed by atoms with Crippen molar-refractivity contribution in [3.63, 3.8) is 0 Å². The summed E-state index contributed by atoms with van der Waals surface area (Å²) >= 11 is 0. The summed E-state index contributed by atoms with van der Waals surface area (Å²) in [4.78, 5) is 11.6. The van der Waals surface area contributed by atoms with Crippen LogP contribution in [0.5, 0.6) is 0 Å². The van der Waals surface area contributed by atoms with Crippen molar-refractivity contribution in [2.24, 2.45) is 11.8 Å². The maximum Gasteiger partial charge on any atom is 0.407 e. The summed E-state index contributed by atoms with van der Waals surface area (Å²) in [6, 6.07) is 0.697. The molecule has 4 heteroatoms. The maximum atomic E-state index is 11.6. The summed E-state index contributed by atoms with van der Waals surface area (Å²) in [5, 5.41) is 6.46. The van der Waals surface area contributed by atoms with Crippen LogP contribution in [-0.2, 0) is 4.74 Å². The van der Waals surface area contributed by atoms with Gasteiger partial charge in [0, 0.05) is 19.1 Å². The molecular weight excluding hydrogens is 240 g/mol. The number of hydrogen-bond donors (Lipinski definition) is 2. The average Bonchev–Trinajstić information content (AvgIpc) is 2.17. The van der Waals surface area contributed by atoms with Crippen molar-refractivity contribution in [3.05, 3.63) is 0 Å². The highest BCUT2D eigenvalue weighted by Crippen LogP contribution is 2.19. The third-order valence-electron chi connectivity index (χ3n) is 3.62. The number of alkyl carbamates (subject to hydrolysis) is 1. The second-order valence-corrected chi connectivity index (χ2v) is 6.92. The average molecular weight is 270 g/mol. The van der Waals surface area contributed by atoms with Crippen LogP contribution in [0.15, 0.2) is 0 Å². The highest BCUT2D eigenvalue weighted by atomic mass is 16.6. The van der Waals surface area contributed by atoms with Gasteiger partial charge in [0.1, 0.15) is 5.60 Å². The second-order valence-electron chi connectivity index (χ2n) is 6.92. The molecule has 0 bridgehead atoms. The summed E-state index contributed by atoms with van der Waals surface area (Å²) in [6.45, 7) is 11.7. The summed E-state index contributed by atoms with van der Waals surface area (Å²) in [7, 11) is 0. The van der Waals surface area contributed by atoms with Crippen LogP contribution in [0, 0.1) is 11.8 Å². The van der Waals surface area contributed by atoms with E-state index in [9.17, 15) is 4.79 Å². The van der Waals surface area contributed by atoms with Crippen molar-refractivity contribution in [2.75, 3.05) is 13.1 Å². The number of ether oxygens (including phenoxy) is 1. The topological polar surface area (TPSA) is 50.4 Å². The van der Waals surface area contributed by atoms with Crippen molar-refractivity contribution >= 4 is 6.09 Å². The Bertz CT molecular complexity index is 280. The standard InChI is InChI=1S/C15H30N2O2/c1-11(2)12(9-16-13-7-6-8-13)10-17-14(18)19-15(3,4)5/h11-13,16H,6-10H2,1-5H3,(H,17,18). The van der Waals surface area contributed by atoms with Gasteiger partial charge in [0.05, 0.1) is 0 Å². The lowest BCUT2D eigenvalue weighted by atomic mass is 9.90. The summed E-state index contributed by atoms with van der Waals surface area (Å²) < 4.78 is 5.26.